The van der Waals surface area contributed by atoms with Crippen molar-refractivity contribution in [2.45, 2.75) is 12.1 Å². The monoisotopic (exact) mass is 450 g/mol. The van der Waals surface area contributed by atoms with Crippen LogP contribution in [0.5, 0.6) is 0 Å². The zero-order chi connectivity index (χ0) is 18.7. The van der Waals surface area contributed by atoms with E-state index in [4.69, 9.17) is 11.6 Å². The Morgan fingerprint density at radius 2 is 2.00 bits per heavy atom. The largest absolute Gasteiger partial charge is 0.325 e. The SMILES string of the molecule is Cc1c(Cl)cccc1NC(=O)CSc1nnc(-c2ccccc2Br)n1C. The molecule has 3 aromatic rings. The van der Waals surface area contributed by atoms with Gasteiger partial charge in [-0.3, -0.25) is 4.79 Å². The number of carbonyl (C=O) groups excluding carboxylic acids is 1. The highest BCUT2D eigenvalue weighted by atomic mass is 79.9. The summed E-state index contributed by atoms with van der Waals surface area (Å²) in [6.07, 6.45) is 0. The quantitative estimate of drug-likeness (QED) is 0.558. The number of hydrogen-bond acceptors (Lipinski definition) is 4. The van der Waals surface area contributed by atoms with Gasteiger partial charge < -0.3 is 9.88 Å². The van der Waals surface area contributed by atoms with E-state index in [0.717, 1.165) is 27.1 Å². The lowest BCUT2D eigenvalue weighted by Gasteiger charge is -2.09. The van der Waals surface area contributed by atoms with E-state index in [1.54, 1.807) is 6.07 Å². The highest BCUT2D eigenvalue weighted by molar-refractivity contribution is 9.10. The Kier molecular flexibility index (Phi) is 6.01. The van der Waals surface area contributed by atoms with Crippen LogP contribution in [0.25, 0.3) is 11.4 Å². The summed E-state index contributed by atoms with van der Waals surface area (Å²) < 4.78 is 2.82. The molecule has 0 fully saturated rings. The molecule has 8 heteroatoms. The third-order valence-electron chi connectivity index (χ3n) is 3.82. The normalized spacial score (nSPS) is 10.8. The van der Waals surface area contributed by atoms with Gasteiger partial charge in [-0.05, 0) is 30.7 Å². The maximum absolute atomic E-state index is 12.3. The minimum absolute atomic E-state index is 0.120. The van der Waals surface area contributed by atoms with Crippen molar-refractivity contribution in [2.75, 3.05) is 11.1 Å². The first-order valence-electron chi connectivity index (χ1n) is 7.79. The molecule has 3 rings (SSSR count). The number of halogens is 2. The highest BCUT2D eigenvalue weighted by Gasteiger charge is 2.15. The molecular formula is C18H16BrClN4OS. The van der Waals surface area contributed by atoms with E-state index in [9.17, 15) is 4.79 Å². The molecule has 0 saturated heterocycles. The minimum Gasteiger partial charge on any atom is -0.325 e. The molecule has 1 heterocycles. The summed E-state index contributed by atoms with van der Waals surface area (Å²) in [4.78, 5) is 12.3. The van der Waals surface area contributed by atoms with Gasteiger partial charge in [0, 0.05) is 27.8 Å². The van der Waals surface area contributed by atoms with Crippen LogP contribution in [0.3, 0.4) is 0 Å². The average molecular weight is 452 g/mol. The number of nitrogens with one attached hydrogen (secondary N) is 1. The lowest BCUT2D eigenvalue weighted by molar-refractivity contribution is -0.113. The number of carbonyl (C=O) groups is 1. The number of thioether (sulfide) groups is 1. The number of benzene rings is 2. The van der Waals surface area contributed by atoms with Gasteiger partial charge in [-0.15, -0.1) is 10.2 Å². The lowest BCUT2D eigenvalue weighted by Crippen LogP contribution is -2.15. The standard InChI is InChI=1S/C18H16BrClN4OS/c1-11-14(20)8-5-9-15(11)21-16(25)10-26-18-23-22-17(24(18)2)12-6-3-4-7-13(12)19/h3-9H,10H2,1-2H3,(H,21,25). The fraction of sp³-hybridized carbons (Fsp3) is 0.167. The molecule has 26 heavy (non-hydrogen) atoms. The molecule has 0 spiro atoms. The maximum atomic E-state index is 12.3. The Hall–Kier alpha value is -1.83. The summed E-state index contributed by atoms with van der Waals surface area (Å²) in [5, 5.41) is 12.6. The number of amides is 1. The van der Waals surface area contributed by atoms with Crippen molar-refractivity contribution in [3.8, 4) is 11.4 Å². The van der Waals surface area contributed by atoms with Crippen molar-refractivity contribution in [1.29, 1.82) is 0 Å². The molecule has 1 N–H and O–H groups in total. The van der Waals surface area contributed by atoms with E-state index in [-0.39, 0.29) is 11.7 Å². The van der Waals surface area contributed by atoms with E-state index in [2.05, 4.69) is 31.4 Å². The molecule has 0 atom stereocenters. The van der Waals surface area contributed by atoms with Crippen LogP contribution >= 0.6 is 39.3 Å². The summed E-state index contributed by atoms with van der Waals surface area (Å²) in [7, 11) is 1.89. The molecule has 1 amide bonds. The van der Waals surface area contributed by atoms with Gasteiger partial charge in [0.15, 0.2) is 11.0 Å². The van der Waals surface area contributed by atoms with Gasteiger partial charge in [-0.25, -0.2) is 0 Å². The predicted molar refractivity (Wildman–Crippen MR) is 110 cm³/mol. The molecule has 0 unspecified atom stereocenters. The van der Waals surface area contributed by atoms with Gasteiger partial charge in [0.1, 0.15) is 0 Å². The Balaban J connectivity index is 1.68. The van der Waals surface area contributed by atoms with Crippen molar-refractivity contribution in [3.05, 3.63) is 57.5 Å². The summed E-state index contributed by atoms with van der Waals surface area (Å²) in [5.74, 6) is 0.852. The van der Waals surface area contributed by atoms with Crippen molar-refractivity contribution in [1.82, 2.24) is 14.8 Å². The molecule has 0 aliphatic heterocycles. The summed E-state index contributed by atoms with van der Waals surface area (Å²) in [5.41, 5.74) is 2.52. The molecule has 0 saturated carbocycles. The van der Waals surface area contributed by atoms with Gasteiger partial charge >= 0.3 is 0 Å². The van der Waals surface area contributed by atoms with Crippen LogP contribution in [0.2, 0.25) is 5.02 Å². The maximum Gasteiger partial charge on any atom is 0.234 e. The first-order chi connectivity index (χ1) is 12.5. The zero-order valence-corrected chi connectivity index (χ0v) is 17.3. The van der Waals surface area contributed by atoms with Crippen LogP contribution in [-0.2, 0) is 11.8 Å². The van der Waals surface area contributed by atoms with Gasteiger partial charge in [-0.2, -0.15) is 0 Å². The van der Waals surface area contributed by atoms with Crippen LogP contribution in [0.15, 0.2) is 52.1 Å². The second-order valence-electron chi connectivity index (χ2n) is 5.59. The topological polar surface area (TPSA) is 59.8 Å². The third kappa shape index (κ3) is 4.11. The second kappa shape index (κ2) is 8.24. The second-order valence-corrected chi connectivity index (χ2v) is 7.80. The van der Waals surface area contributed by atoms with Crippen molar-refractivity contribution >= 4 is 50.9 Å². The van der Waals surface area contributed by atoms with E-state index in [1.807, 2.05) is 54.9 Å². The Labute approximate surface area is 169 Å². The highest BCUT2D eigenvalue weighted by Crippen LogP contribution is 2.29. The van der Waals surface area contributed by atoms with E-state index >= 15 is 0 Å². The summed E-state index contributed by atoms with van der Waals surface area (Å²) in [6.45, 7) is 1.87. The van der Waals surface area contributed by atoms with Gasteiger partial charge in [0.05, 0.1) is 5.75 Å². The molecule has 134 valence electrons. The number of aromatic nitrogens is 3. The minimum atomic E-state index is -0.120. The van der Waals surface area contributed by atoms with Crippen molar-refractivity contribution < 1.29 is 4.79 Å². The van der Waals surface area contributed by atoms with Gasteiger partial charge in [0.2, 0.25) is 5.91 Å². The van der Waals surface area contributed by atoms with Gasteiger partial charge in [-0.1, -0.05) is 63.6 Å². The number of rotatable bonds is 5. The molecule has 0 bridgehead atoms. The van der Waals surface area contributed by atoms with Gasteiger partial charge in [0.25, 0.3) is 0 Å². The van der Waals surface area contributed by atoms with E-state index in [0.29, 0.717) is 10.2 Å². The van der Waals surface area contributed by atoms with Crippen molar-refractivity contribution in [3.63, 3.8) is 0 Å². The Bertz CT molecular complexity index is 960. The van der Waals surface area contributed by atoms with Crippen LogP contribution in [-0.4, -0.2) is 26.4 Å². The molecule has 0 aliphatic carbocycles. The Morgan fingerprint density at radius 1 is 1.23 bits per heavy atom. The molecule has 0 radical (unpaired) electrons. The third-order valence-corrected chi connectivity index (χ3v) is 5.95. The average Bonchev–Trinajstić information content (AvgIpc) is 2.98. The van der Waals surface area contributed by atoms with Crippen LogP contribution in [0, 0.1) is 6.92 Å². The molecule has 5 nitrogen and oxygen atoms in total. The van der Waals surface area contributed by atoms with Crippen molar-refractivity contribution in [2.24, 2.45) is 7.05 Å². The van der Waals surface area contributed by atoms with E-state index in [1.165, 1.54) is 11.8 Å². The molecule has 1 aromatic heterocycles. The lowest BCUT2D eigenvalue weighted by atomic mass is 10.2. The predicted octanol–water partition coefficient (Wildman–Crippen LogP) is 4.94. The fourth-order valence-electron chi connectivity index (χ4n) is 2.38. The van der Waals surface area contributed by atoms with Crippen LogP contribution in [0.1, 0.15) is 5.56 Å². The van der Waals surface area contributed by atoms with Crippen LogP contribution < -0.4 is 5.32 Å². The van der Waals surface area contributed by atoms with Crippen LogP contribution in [0.4, 0.5) is 5.69 Å². The Morgan fingerprint density at radius 3 is 2.77 bits per heavy atom. The number of anilines is 1. The molecule has 2 aromatic carbocycles. The fourth-order valence-corrected chi connectivity index (χ4v) is 3.72. The zero-order valence-electron chi connectivity index (χ0n) is 14.2. The first kappa shape index (κ1) is 18.9. The first-order valence-corrected chi connectivity index (χ1v) is 9.95. The summed E-state index contributed by atoms with van der Waals surface area (Å²) >= 11 is 10.9. The van der Waals surface area contributed by atoms with E-state index < -0.39 is 0 Å². The number of nitrogens with zero attached hydrogens (tertiary/aromatic N) is 3. The molecular weight excluding hydrogens is 436 g/mol. The summed E-state index contributed by atoms with van der Waals surface area (Å²) in [6, 6.07) is 13.3. The molecule has 0 aliphatic rings. The number of hydrogen-bond donors (Lipinski definition) is 1. The smallest absolute Gasteiger partial charge is 0.234 e.